The average Bonchev–Trinajstić information content (AvgIpc) is 3.36. The van der Waals surface area contributed by atoms with Crippen LogP contribution in [0, 0.1) is 5.92 Å². The number of carbonyl (C=O) groups is 2. The van der Waals surface area contributed by atoms with Gasteiger partial charge in [-0.15, -0.1) is 0 Å². The summed E-state index contributed by atoms with van der Waals surface area (Å²) >= 11 is 0. The van der Waals surface area contributed by atoms with Gasteiger partial charge in [0.2, 0.25) is 5.91 Å². The SMILES string of the molecule is COc1ccc(C(NC(=O)CCCNC(=O)c2ccco2)C2CC2)cc1. The minimum atomic E-state index is -0.260. The third kappa shape index (κ3) is 4.88. The molecule has 1 aliphatic carbocycles. The highest BCUT2D eigenvalue weighted by Gasteiger charge is 2.33. The topological polar surface area (TPSA) is 80.6 Å². The highest BCUT2D eigenvalue weighted by Crippen LogP contribution is 2.41. The Bertz CT molecular complexity index is 721. The van der Waals surface area contributed by atoms with Gasteiger partial charge in [-0.1, -0.05) is 12.1 Å². The van der Waals surface area contributed by atoms with Crippen LogP contribution in [0.15, 0.2) is 47.1 Å². The molecule has 2 N–H and O–H groups in total. The monoisotopic (exact) mass is 356 g/mol. The molecular weight excluding hydrogens is 332 g/mol. The van der Waals surface area contributed by atoms with Crippen molar-refractivity contribution < 1.29 is 18.7 Å². The predicted octanol–water partition coefficient (Wildman–Crippen LogP) is 3.07. The van der Waals surface area contributed by atoms with Crippen LogP contribution in [0.4, 0.5) is 0 Å². The largest absolute Gasteiger partial charge is 0.497 e. The van der Waals surface area contributed by atoms with Crippen LogP contribution in [-0.2, 0) is 4.79 Å². The molecule has 0 spiro atoms. The van der Waals surface area contributed by atoms with Crippen LogP contribution in [-0.4, -0.2) is 25.5 Å². The molecule has 0 bridgehead atoms. The third-order valence-corrected chi connectivity index (χ3v) is 4.50. The van der Waals surface area contributed by atoms with Crippen molar-refractivity contribution >= 4 is 11.8 Å². The number of benzene rings is 1. The molecule has 0 aliphatic heterocycles. The molecule has 6 nitrogen and oxygen atoms in total. The van der Waals surface area contributed by atoms with E-state index in [9.17, 15) is 9.59 Å². The zero-order valence-electron chi connectivity index (χ0n) is 14.9. The van der Waals surface area contributed by atoms with Crippen LogP contribution in [0.5, 0.6) is 5.75 Å². The standard InChI is InChI=1S/C20H24N2O4/c1-25-16-10-8-15(9-11-16)19(14-6-7-14)22-18(23)5-2-12-21-20(24)17-4-3-13-26-17/h3-4,8-11,13-14,19H,2,5-7,12H2,1H3,(H,21,24)(H,22,23). The second-order valence-electron chi connectivity index (χ2n) is 6.49. The van der Waals surface area contributed by atoms with Gasteiger partial charge in [-0.3, -0.25) is 9.59 Å². The Hall–Kier alpha value is -2.76. The zero-order valence-corrected chi connectivity index (χ0v) is 14.9. The molecule has 1 fully saturated rings. The van der Waals surface area contributed by atoms with E-state index >= 15 is 0 Å². The Balaban J connectivity index is 1.44. The molecule has 1 aromatic heterocycles. The number of amides is 2. The van der Waals surface area contributed by atoms with Crippen molar-refractivity contribution in [3.05, 3.63) is 54.0 Å². The van der Waals surface area contributed by atoms with Crippen molar-refractivity contribution in [3.63, 3.8) is 0 Å². The molecule has 1 saturated carbocycles. The maximum atomic E-state index is 12.3. The van der Waals surface area contributed by atoms with Gasteiger partial charge in [-0.2, -0.15) is 0 Å². The lowest BCUT2D eigenvalue weighted by molar-refractivity contribution is -0.122. The summed E-state index contributed by atoms with van der Waals surface area (Å²) in [7, 11) is 1.64. The normalized spacial score (nSPS) is 14.5. The van der Waals surface area contributed by atoms with E-state index in [1.54, 1.807) is 19.2 Å². The van der Waals surface area contributed by atoms with Gasteiger partial charge in [0.15, 0.2) is 5.76 Å². The van der Waals surface area contributed by atoms with Crippen LogP contribution in [0.2, 0.25) is 0 Å². The number of carbonyl (C=O) groups excluding carboxylic acids is 2. The quantitative estimate of drug-likeness (QED) is 0.677. The molecule has 26 heavy (non-hydrogen) atoms. The lowest BCUT2D eigenvalue weighted by Crippen LogP contribution is -2.31. The van der Waals surface area contributed by atoms with Gasteiger partial charge in [0.25, 0.3) is 5.91 Å². The van der Waals surface area contributed by atoms with Gasteiger partial charge < -0.3 is 19.8 Å². The Morgan fingerprint density at radius 1 is 1.23 bits per heavy atom. The van der Waals surface area contributed by atoms with E-state index < -0.39 is 0 Å². The van der Waals surface area contributed by atoms with Crippen LogP contribution >= 0.6 is 0 Å². The molecule has 138 valence electrons. The summed E-state index contributed by atoms with van der Waals surface area (Å²) in [4.78, 5) is 24.0. The molecule has 1 atom stereocenters. The zero-order chi connectivity index (χ0) is 18.4. The minimum Gasteiger partial charge on any atom is -0.497 e. The van der Waals surface area contributed by atoms with Gasteiger partial charge in [0.1, 0.15) is 5.75 Å². The second kappa shape index (κ2) is 8.56. The molecule has 1 aromatic carbocycles. The van der Waals surface area contributed by atoms with E-state index in [0.29, 0.717) is 25.3 Å². The number of rotatable bonds is 9. The lowest BCUT2D eigenvalue weighted by atomic mass is 10.0. The molecule has 1 heterocycles. The van der Waals surface area contributed by atoms with Gasteiger partial charge in [-0.25, -0.2) is 0 Å². The van der Waals surface area contributed by atoms with E-state index in [1.807, 2.05) is 24.3 Å². The van der Waals surface area contributed by atoms with Crippen molar-refractivity contribution in [2.75, 3.05) is 13.7 Å². The van der Waals surface area contributed by atoms with E-state index in [2.05, 4.69) is 10.6 Å². The minimum absolute atomic E-state index is 0.00460. The van der Waals surface area contributed by atoms with Crippen molar-refractivity contribution in [1.82, 2.24) is 10.6 Å². The molecule has 0 saturated heterocycles. The van der Waals surface area contributed by atoms with Crippen molar-refractivity contribution in [2.45, 2.75) is 31.7 Å². The summed E-state index contributed by atoms with van der Waals surface area (Å²) in [5, 5.41) is 5.88. The van der Waals surface area contributed by atoms with Gasteiger partial charge in [0.05, 0.1) is 19.4 Å². The molecule has 3 rings (SSSR count). The van der Waals surface area contributed by atoms with E-state index in [4.69, 9.17) is 9.15 Å². The fourth-order valence-electron chi connectivity index (χ4n) is 2.91. The highest BCUT2D eigenvalue weighted by molar-refractivity contribution is 5.91. The van der Waals surface area contributed by atoms with Crippen LogP contribution in [0.1, 0.15) is 47.8 Å². The first-order valence-corrected chi connectivity index (χ1v) is 8.92. The summed E-state index contributed by atoms with van der Waals surface area (Å²) in [5.74, 6) is 1.34. The number of ether oxygens (including phenoxy) is 1. The molecule has 0 radical (unpaired) electrons. The number of hydrogen-bond acceptors (Lipinski definition) is 4. The number of hydrogen-bond donors (Lipinski definition) is 2. The van der Waals surface area contributed by atoms with Gasteiger partial charge in [-0.05, 0) is 55.0 Å². The summed E-state index contributed by atoms with van der Waals surface area (Å²) in [6.07, 6.45) is 4.68. The smallest absolute Gasteiger partial charge is 0.286 e. The van der Waals surface area contributed by atoms with Crippen molar-refractivity contribution in [1.29, 1.82) is 0 Å². The fourth-order valence-corrected chi connectivity index (χ4v) is 2.91. The fraction of sp³-hybridized carbons (Fsp3) is 0.400. The third-order valence-electron chi connectivity index (χ3n) is 4.50. The Labute approximate surface area is 152 Å². The van der Waals surface area contributed by atoms with Crippen molar-refractivity contribution in [2.24, 2.45) is 5.92 Å². The summed E-state index contributed by atoms with van der Waals surface area (Å²) < 4.78 is 10.2. The summed E-state index contributed by atoms with van der Waals surface area (Å²) in [6.45, 7) is 0.434. The number of methoxy groups -OCH3 is 1. The van der Waals surface area contributed by atoms with Crippen LogP contribution in [0.3, 0.4) is 0 Å². The Morgan fingerprint density at radius 2 is 2.00 bits per heavy atom. The Morgan fingerprint density at radius 3 is 2.62 bits per heavy atom. The van der Waals surface area contributed by atoms with Gasteiger partial charge in [0, 0.05) is 13.0 Å². The molecular formula is C20H24N2O4. The van der Waals surface area contributed by atoms with E-state index in [-0.39, 0.29) is 23.6 Å². The predicted molar refractivity (Wildman–Crippen MR) is 96.9 cm³/mol. The van der Waals surface area contributed by atoms with Crippen molar-refractivity contribution in [3.8, 4) is 5.75 Å². The second-order valence-corrected chi connectivity index (χ2v) is 6.49. The molecule has 1 aliphatic rings. The molecule has 2 amide bonds. The average molecular weight is 356 g/mol. The van der Waals surface area contributed by atoms with E-state index in [0.717, 1.165) is 24.2 Å². The lowest BCUT2D eigenvalue weighted by Gasteiger charge is -2.19. The van der Waals surface area contributed by atoms with Crippen LogP contribution < -0.4 is 15.4 Å². The first-order valence-electron chi connectivity index (χ1n) is 8.92. The number of furan rings is 1. The van der Waals surface area contributed by atoms with Gasteiger partial charge >= 0.3 is 0 Å². The Kier molecular flexibility index (Phi) is 5.94. The van der Waals surface area contributed by atoms with Crippen LogP contribution in [0.25, 0.3) is 0 Å². The maximum absolute atomic E-state index is 12.3. The summed E-state index contributed by atoms with van der Waals surface area (Å²) in [6, 6.07) is 11.2. The first-order chi connectivity index (χ1) is 12.7. The first kappa shape index (κ1) is 18.0. The number of nitrogens with one attached hydrogen (secondary N) is 2. The molecule has 2 aromatic rings. The van der Waals surface area contributed by atoms with E-state index in [1.165, 1.54) is 6.26 Å². The maximum Gasteiger partial charge on any atom is 0.286 e. The molecule has 1 unspecified atom stereocenters. The summed E-state index contributed by atoms with van der Waals surface area (Å²) in [5.41, 5.74) is 1.10. The molecule has 6 heteroatoms. The highest BCUT2D eigenvalue weighted by atomic mass is 16.5.